The Morgan fingerprint density at radius 1 is 0.909 bits per heavy atom. The first-order valence-electron chi connectivity index (χ1n) is 10.8. The number of amides is 2. The number of carbonyl (C=O) groups is 2. The van der Waals surface area contributed by atoms with E-state index in [9.17, 15) is 9.59 Å². The van der Waals surface area contributed by atoms with E-state index in [4.69, 9.17) is 9.47 Å². The number of aromatic nitrogens is 3. The summed E-state index contributed by atoms with van der Waals surface area (Å²) < 4.78 is 10.6. The topological polar surface area (TPSA) is 101 Å². The molecule has 2 aliphatic heterocycles. The first-order chi connectivity index (χ1) is 16.0. The van der Waals surface area contributed by atoms with Crippen LogP contribution in [0.5, 0.6) is 11.5 Å². The lowest BCUT2D eigenvalue weighted by Gasteiger charge is -2.21. The summed E-state index contributed by atoms with van der Waals surface area (Å²) in [4.78, 5) is 29.5. The maximum absolute atomic E-state index is 13.0. The van der Waals surface area contributed by atoms with Gasteiger partial charge in [0.2, 0.25) is 5.91 Å². The van der Waals surface area contributed by atoms with Gasteiger partial charge in [-0.25, -0.2) is 0 Å². The second-order valence-electron chi connectivity index (χ2n) is 8.48. The number of ether oxygens (including phenoxy) is 2. The third kappa shape index (κ3) is 4.13. The Balaban J connectivity index is 1.20. The van der Waals surface area contributed by atoms with Gasteiger partial charge in [0.05, 0.1) is 14.2 Å². The molecule has 0 bridgehead atoms. The van der Waals surface area contributed by atoms with Crippen LogP contribution in [0, 0.1) is 11.8 Å². The Morgan fingerprint density at radius 2 is 1.55 bits per heavy atom. The number of nitrogens with one attached hydrogen (secondary N) is 1. The fraction of sp³-hybridized carbons (Fsp3) is 0.333. The molecule has 1 N–H and O–H groups in total. The van der Waals surface area contributed by atoms with Crippen molar-refractivity contribution in [3.63, 3.8) is 0 Å². The number of benzene rings is 2. The smallest absolute Gasteiger partial charge is 0.253 e. The van der Waals surface area contributed by atoms with Gasteiger partial charge >= 0.3 is 0 Å². The maximum atomic E-state index is 13.0. The van der Waals surface area contributed by atoms with E-state index in [1.54, 1.807) is 50.6 Å². The number of hydrogen-bond acceptors (Lipinski definition) is 6. The molecule has 9 heteroatoms. The Kier molecular flexibility index (Phi) is 5.45. The minimum atomic E-state index is -0.0273. The Bertz CT molecular complexity index is 1200. The van der Waals surface area contributed by atoms with Crippen molar-refractivity contribution in [3.8, 4) is 11.5 Å². The molecular weight excluding hydrogens is 422 g/mol. The number of likely N-dealkylation sites (tertiary alicyclic amines) is 2. The molecule has 2 saturated heterocycles. The molecule has 3 heterocycles. The van der Waals surface area contributed by atoms with Gasteiger partial charge in [-0.2, -0.15) is 15.4 Å². The van der Waals surface area contributed by atoms with Gasteiger partial charge in [0, 0.05) is 55.7 Å². The number of H-pyrrole nitrogens is 1. The standard InChI is InChI=1S/C24H25N5O4/c1-32-19-7-15(8-20(10-19)33-2)3-6-23(30)28-11-17-13-29(14-18(17)12-28)24(31)16-4-5-21-22(9-16)26-27-25-21/h3-10,17-18H,11-14H2,1-2H3,(H,25,26,27)/b6-3+/t17-,18-/m1/s1. The lowest BCUT2D eigenvalue weighted by atomic mass is 10.0. The Morgan fingerprint density at radius 3 is 2.21 bits per heavy atom. The molecule has 2 fully saturated rings. The van der Waals surface area contributed by atoms with Crippen LogP contribution in [0.3, 0.4) is 0 Å². The maximum Gasteiger partial charge on any atom is 0.253 e. The monoisotopic (exact) mass is 447 g/mol. The highest BCUT2D eigenvalue weighted by Gasteiger charge is 2.42. The van der Waals surface area contributed by atoms with E-state index in [0.29, 0.717) is 60.6 Å². The number of carbonyl (C=O) groups excluding carboxylic acids is 2. The summed E-state index contributed by atoms with van der Waals surface area (Å²) in [5, 5.41) is 10.7. The van der Waals surface area contributed by atoms with Crippen LogP contribution < -0.4 is 9.47 Å². The molecule has 0 spiro atoms. The summed E-state index contributed by atoms with van der Waals surface area (Å²) in [5.41, 5.74) is 2.86. The molecular formula is C24H25N5O4. The minimum absolute atomic E-state index is 0.000885. The van der Waals surface area contributed by atoms with Gasteiger partial charge in [-0.15, -0.1) is 0 Å². The molecule has 1 aromatic heterocycles. The molecule has 2 amide bonds. The van der Waals surface area contributed by atoms with Gasteiger partial charge in [0.15, 0.2) is 0 Å². The first-order valence-corrected chi connectivity index (χ1v) is 10.8. The highest BCUT2D eigenvalue weighted by Crippen LogP contribution is 2.32. The molecule has 2 aromatic carbocycles. The zero-order valence-corrected chi connectivity index (χ0v) is 18.5. The number of hydrogen-bond donors (Lipinski definition) is 1. The van der Waals surface area contributed by atoms with Crippen LogP contribution in [0.1, 0.15) is 15.9 Å². The predicted octanol–water partition coefficient (Wildman–Crippen LogP) is 2.22. The van der Waals surface area contributed by atoms with Crippen molar-refractivity contribution in [3.05, 3.63) is 53.6 Å². The van der Waals surface area contributed by atoms with Crippen molar-refractivity contribution < 1.29 is 19.1 Å². The summed E-state index contributed by atoms with van der Waals surface area (Å²) in [5.74, 6) is 1.90. The summed E-state index contributed by atoms with van der Waals surface area (Å²) >= 11 is 0. The molecule has 9 nitrogen and oxygen atoms in total. The second kappa shape index (κ2) is 8.57. The highest BCUT2D eigenvalue weighted by molar-refractivity contribution is 5.97. The number of methoxy groups -OCH3 is 2. The van der Waals surface area contributed by atoms with Crippen molar-refractivity contribution in [1.29, 1.82) is 0 Å². The predicted molar refractivity (Wildman–Crippen MR) is 122 cm³/mol. The fourth-order valence-corrected chi connectivity index (χ4v) is 4.69. The summed E-state index contributed by atoms with van der Waals surface area (Å²) in [6.45, 7) is 2.62. The number of nitrogens with zero attached hydrogens (tertiary/aromatic N) is 4. The van der Waals surface area contributed by atoms with E-state index in [1.165, 1.54) is 0 Å². The third-order valence-corrected chi connectivity index (χ3v) is 6.44. The average molecular weight is 447 g/mol. The molecule has 0 saturated carbocycles. The van der Waals surface area contributed by atoms with Crippen LogP contribution in [0.15, 0.2) is 42.5 Å². The van der Waals surface area contributed by atoms with Crippen molar-refractivity contribution in [2.24, 2.45) is 11.8 Å². The second-order valence-corrected chi connectivity index (χ2v) is 8.48. The van der Waals surface area contributed by atoms with Crippen LogP contribution in [0.25, 0.3) is 17.1 Å². The van der Waals surface area contributed by atoms with E-state index >= 15 is 0 Å². The van der Waals surface area contributed by atoms with Crippen LogP contribution in [-0.2, 0) is 4.79 Å². The van der Waals surface area contributed by atoms with Crippen molar-refractivity contribution in [1.82, 2.24) is 25.2 Å². The molecule has 3 aromatic rings. The van der Waals surface area contributed by atoms with Gasteiger partial charge in [-0.1, -0.05) is 0 Å². The van der Waals surface area contributed by atoms with E-state index < -0.39 is 0 Å². The SMILES string of the molecule is COc1cc(/C=C/C(=O)N2C[C@@H]3CN(C(=O)c4ccc5n[nH]nc5c4)C[C@H]3C2)cc(OC)c1. The quantitative estimate of drug-likeness (QED) is 0.602. The van der Waals surface area contributed by atoms with Gasteiger partial charge in [0.25, 0.3) is 5.91 Å². The van der Waals surface area contributed by atoms with E-state index in [0.717, 1.165) is 11.1 Å². The molecule has 33 heavy (non-hydrogen) atoms. The molecule has 2 atom stereocenters. The molecule has 5 rings (SSSR count). The van der Waals surface area contributed by atoms with Crippen molar-refractivity contribution >= 4 is 28.9 Å². The lowest BCUT2D eigenvalue weighted by Crippen LogP contribution is -2.35. The van der Waals surface area contributed by atoms with Crippen LogP contribution in [0.4, 0.5) is 0 Å². The zero-order valence-electron chi connectivity index (χ0n) is 18.5. The number of rotatable bonds is 5. The molecule has 170 valence electrons. The summed E-state index contributed by atoms with van der Waals surface area (Å²) in [7, 11) is 3.19. The third-order valence-electron chi connectivity index (χ3n) is 6.44. The summed E-state index contributed by atoms with van der Waals surface area (Å²) in [6.07, 6.45) is 3.36. The van der Waals surface area contributed by atoms with E-state index in [2.05, 4.69) is 15.4 Å². The van der Waals surface area contributed by atoms with Gasteiger partial charge < -0.3 is 19.3 Å². The highest BCUT2D eigenvalue weighted by atomic mass is 16.5. The molecule has 0 unspecified atom stereocenters. The van der Waals surface area contributed by atoms with Crippen molar-refractivity contribution in [2.75, 3.05) is 40.4 Å². The summed E-state index contributed by atoms with van der Waals surface area (Å²) in [6, 6.07) is 10.8. The van der Waals surface area contributed by atoms with E-state index in [1.807, 2.05) is 21.9 Å². The molecule has 2 aliphatic rings. The minimum Gasteiger partial charge on any atom is -0.497 e. The zero-order chi connectivity index (χ0) is 22.9. The normalized spacial score (nSPS) is 19.9. The lowest BCUT2D eigenvalue weighted by molar-refractivity contribution is -0.125. The van der Waals surface area contributed by atoms with Crippen LogP contribution in [-0.4, -0.2) is 77.4 Å². The molecule has 0 aliphatic carbocycles. The van der Waals surface area contributed by atoms with Crippen LogP contribution in [0.2, 0.25) is 0 Å². The average Bonchev–Trinajstić information content (AvgIpc) is 3.56. The number of aromatic amines is 1. The number of fused-ring (bicyclic) bond motifs is 2. The van der Waals surface area contributed by atoms with E-state index in [-0.39, 0.29) is 11.8 Å². The van der Waals surface area contributed by atoms with Crippen molar-refractivity contribution in [2.45, 2.75) is 0 Å². The Labute approximate surface area is 191 Å². The van der Waals surface area contributed by atoms with Crippen LogP contribution >= 0.6 is 0 Å². The fourth-order valence-electron chi connectivity index (χ4n) is 4.69. The first kappa shape index (κ1) is 21.0. The Hall–Kier alpha value is -3.88. The van der Waals surface area contributed by atoms with Gasteiger partial charge in [-0.3, -0.25) is 9.59 Å². The largest absolute Gasteiger partial charge is 0.497 e. The molecule has 0 radical (unpaired) electrons. The van der Waals surface area contributed by atoms with Gasteiger partial charge in [-0.05, 0) is 42.0 Å². The van der Waals surface area contributed by atoms with Gasteiger partial charge in [0.1, 0.15) is 22.5 Å².